The summed E-state index contributed by atoms with van der Waals surface area (Å²) in [6.07, 6.45) is 9.29. The van der Waals surface area contributed by atoms with Gasteiger partial charge in [-0.3, -0.25) is 4.98 Å². The molecule has 0 radical (unpaired) electrons. The first-order chi connectivity index (χ1) is 7.27. The lowest BCUT2D eigenvalue weighted by Crippen LogP contribution is -2.38. The molecule has 2 heteroatoms. The van der Waals surface area contributed by atoms with Crippen LogP contribution in [0.15, 0.2) is 18.5 Å². The lowest BCUT2D eigenvalue weighted by atomic mass is 9.76. The molecule has 15 heavy (non-hydrogen) atoms. The maximum Gasteiger partial charge on any atom is 0.0302 e. The van der Waals surface area contributed by atoms with E-state index in [9.17, 15) is 0 Å². The van der Waals surface area contributed by atoms with Gasteiger partial charge in [0.05, 0.1) is 0 Å². The molecule has 1 aliphatic carbocycles. The van der Waals surface area contributed by atoms with Crippen LogP contribution in [0.25, 0.3) is 0 Å². The minimum absolute atomic E-state index is 0.581. The minimum atomic E-state index is 0.581. The Morgan fingerprint density at radius 1 is 1.20 bits per heavy atom. The van der Waals surface area contributed by atoms with Gasteiger partial charge in [0.2, 0.25) is 0 Å². The molecule has 2 aliphatic rings. The van der Waals surface area contributed by atoms with Crippen LogP contribution in [0.5, 0.6) is 0 Å². The molecule has 1 spiro atoms. The second-order valence-corrected chi connectivity index (χ2v) is 5.30. The molecule has 1 aromatic rings. The van der Waals surface area contributed by atoms with Gasteiger partial charge in [0.25, 0.3) is 0 Å². The summed E-state index contributed by atoms with van der Waals surface area (Å²) >= 11 is 0. The second-order valence-electron chi connectivity index (χ2n) is 5.30. The van der Waals surface area contributed by atoms with Crippen molar-refractivity contribution in [1.82, 2.24) is 9.88 Å². The van der Waals surface area contributed by atoms with E-state index in [0.717, 1.165) is 0 Å². The summed E-state index contributed by atoms with van der Waals surface area (Å²) in [5.74, 6) is 0. The maximum absolute atomic E-state index is 4.24. The van der Waals surface area contributed by atoms with Crippen molar-refractivity contribution in [3.8, 4) is 0 Å². The molecule has 1 aromatic heterocycles. The summed E-state index contributed by atoms with van der Waals surface area (Å²) in [5, 5.41) is 0. The number of likely N-dealkylation sites (tertiary alicyclic amines) is 1. The van der Waals surface area contributed by atoms with Crippen molar-refractivity contribution in [2.45, 2.75) is 25.7 Å². The first kappa shape index (κ1) is 9.34. The first-order valence-corrected chi connectivity index (χ1v) is 5.88. The molecule has 2 heterocycles. The zero-order valence-corrected chi connectivity index (χ0v) is 9.37. The lowest BCUT2D eigenvalue weighted by Gasteiger charge is -2.37. The highest BCUT2D eigenvalue weighted by Crippen LogP contribution is 2.43. The van der Waals surface area contributed by atoms with Crippen molar-refractivity contribution in [3.63, 3.8) is 0 Å². The number of aromatic nitrogens is 1. The number of hydrogen-bond donors (Lipinski definition) is 0. The molecule has 1 fully saturated rings. The summed E-state index contributed by atoms with van der Waals surface area (Å²) in [5.41, 5.74) is 3.63. The number of pyridine rings is 1. The van der Waals surface area contributed by atoms with E-state index in [0.29, 0.717) is 5.41 Å². The number of piperidine rings is 1. The van der Waals surface area contributed by atoms with E-state index < -0.39 is 0 Å². The minimum Gasteiger partial charge on any atom is -0.306 e. The topological polar surface area (TPSA) is 16.1 Å². The normalized spacial score (nSPS) is 24.3. The Bertz CT molecular complexity index is 338. The molecular formula is C13H18N2. The third-order valence-electron chi connectivity index (χ3n) is 4.18. The average molecular weight is 202 g/mol. The monoisotopic (exact) mass is 202 g/mol. The van der Waals surface area contributed by atoms with Gasteiger partial charge < -0.3 is 4.90 Å². The van der Waals surface area contributed by atoms with Crippen LogP contribution in [0.3, 0.4) is 0 Å². The van der Waals surface area contributed by atoms with Gasteiger partial charge in [-0.2, -0.15) is 0 Å². The molecule has 0 bridgehead atoms. The van der Waals surface area contributed by atoms with E-state index in [4.69, 9.17) is 0 Å². The summed E-state index contributed by atoms with van der Waals surface area (Å²) < 4.78 is 0. The van der Waals surface area contributed by atoms with Crippen molar-refractivity contribution >= 4 is 0 Å². The largest absolute Gasteiger partial charge is 0.306 e. The fourth-order valence-electron chi connectivity index (χ4n) is 3.10. The van der Waals surface area contributed by atoms with Gasteiger partial charge >= 0.3 is 0 Å². The Morgan fingerprint density at radius 2 is 1.93 bits per heavy atom. The summed E-state index contributed by atoms with van der Waals surface area (Å²) in [4.78, 5) is 6.69. The number of nitrogens with zero attached hydrogens (tertiary/aromatic N) is 2. The molecule has 0 amide bonds. The van der Waals surface area contributed by atoms with E-state index in [-0.39, 0.29) is 0 Å². The Kier molecular flexibility index (Phi) is 2.06. The highest BCUT2D eigenvalue weighted by Gasteiger charge is 2.38. The fourth-order valence-corrected chi connectivity index (χ4v) is 3.10. The van der Waals surface area contributed by atoms with Gasteiger partial charge in [0, 0.05) is 12.4 Å². The zero-order valence-electron chi connectivity index (χ0n) is 9.37. The molecule has 2 nitrogen and oxygen atoms in total. The number of fused-ring (bicyclic) bond motifs is 1. The molecule has 1 aliphatic heterocycles. The quantitative estimate of drug-likeness (QED) is 0.638. The van der Waals surface area contributed by atoms with Crippen LogP contribution >= 0.6 is 0 Å². The zero-order chi connectivity index (χ0) is 10.3. The molecule has 0 N–H and O–H groups in total. The second kappa shape index (κ2) is 3.31. The van der Waals surface area contributed by atoms with E-state index >= 15 is 0 Å². The fraction of sp³-hybridized carbons (Fsp3) is 0.615. The first-order valence-electron chi connectivity index (χ1n) is 5.88. The number of hydrogen-bond acceptors (Lipinski definition) is 2. The highest BCUT2D eigenvalue weighted by atomic mass is 15.1. The van der Waals surface area contributed by atoms with E-state index in [1.165, 1.54) is 44.3 Å². The van der Waals surface area contributed by atoms with Gasteiger partial charge in [-0.05, 0) is 68.4 Å². The molecule has 0 unspecified atom stereocenters. The van der Waals surface area contributed by atoms with Gasteiger partial charge in [-0.25, -0.2) is 0 Å². The van der Waals surface area contributed by atoms with Crippen LogP contribution in [-0.2, 0) is 12.8 Å². The van der Waals surface area contributed by atoms with Gasteiger partial charge in [0.15, 0.2) is 0 Å². The van der Waals surface area contributed by atoms with Crippen molar-refractivity contribution < 1.29 is 0 Å². The summed E-state index contributed by atoms with van der Waals surface area (Å²) in [6.45, 7) is 2.53. The van der Waals surface area contributed by atoms with Crippen molar-refractivity contribution in [2.75, 3.05) is 20.1 Å². The molecule has 0 saturated carbocycles. The predicted octanol–water partition coefficient (Wildman–Crippen LogP) is 1.89. The van der Waals surface area contributed by atoms with Gasteiger partial charge in [0.1, 0.15) is 0 Å². The summed E-state index contributed by atoms with van der Waals surface area (Å²) in [7, 11) is 2.23. The third-order valence-corrected chi connectivity index (χ3v) is 4.18. The van der Waals surface area contributed by atoms with E-state index in [1.807, 2.05) is 6.20 Å². The van der Waals surface area contributed by atoms with Crippen LogP contribution < -0.4 is 0 Å². The van der Waals surface area contributed by atoms with Crippen molar-refractivity contribution in [1.29, 1.82) is 0 Å². The van der Waals surface area contributed by atoms with E-state index in [2.05, 4.69) is 29.2 Å². The maximum atomic E-state index is 4.24. The van der Waals surface area contributed by atoms with Crippen LogP contribution in [0, 0.1) is 5.41 Å². The molecule has 0 atom stereocenters. The standard InChI is InChI=1S/C13H18N2/c1-15-6-3-13(4-7-15)8-11-2-5-14-10-12(11)9-13/h2,5,10H,3-4,6-9H2,1H3. The molecule has 0 aromatic carbocycles. The van der Waals surface area contributed by atoms with Crippen molar-refractivity contribution in [2.24, 2.45) is 5.41 Å². The van der Waals surface area contributed by atoms with Crippen LogP contribution in [-0.4, -0.2) is 30.0 Å². The predicted molar refractivity (Wildman–Crippen MR) is 60.8 cm³/mol. The Morgan fingerprint density at radius 3 is 2.67 bits per heavy atom. The van der Waals surface area contributed by atoms with Crippen LogP contribution in [0.4, 0.5) is 0 Å². The lowest BCUT2D eigenvalue weighted by molar-refractivity contribution is 0.131. The van der Waals surface area contributed by atoms with Crippen LogP contribution in [0.2, 0.25) is 0 Å². The summed E-state index contributed by atoms with van der Waals surface area (Å²) in [6, 6.07) is 2.21. The highest BCUT2D eigenvalue weighted by molar-refractivity contribution is 5.31. The molecule has 1 saturated heterocycles. The van der Waals surface area contributed by atoms with Crippen LogP contribution in [0.1, 0.15) is 24.0 Å². The third kappa shape index (κ3) is 1.57. The van der Waals surface area contributed by atoms with E-state index in [1.54, 1.807) is 5.56 Å². The average Bonchev–Trinajstić information content (AvgIpc) is 2.61. The van der Waals surface area contributed by atoms with Crippen molar-refractivity contribution in [3.05, 3.63) is 29.6 Å². The SMILES string of the molecule is CN1CCC2(CC1)Cc1ccncc1C2. The molecular weight excluding hydrogens is 184 g/mol. The smallest absolute Gasteiger partial charge is 0.0302 e. The van der Waals surface area contributed by atoms with Gasteiger partial charge in [-0.1, -0.05) is 0 Å². The molecule has 3 rings (SSSR count). The number of rotatable bonds is 0. The Balaban J connectivity index is 1.83. The Labute approximate surface area is 91.3 Å². The Hall–Kier alpha value is -0.890. The molecule has 80 valence electrons. The van der Waals surface area contributed by atoms with Gasteiger partial charge in [-0.15, -0.1) is 0 Å².